The van der Waals surface area contributed by atoms with E-state index < -0.39 is 0 Å². The van der Waals surface area contributed by atoms with Crippen molar-refractivity contribution in [1.82, 2.24) is 24.8 Å². The highest BCUT2D eigenvalue weighted by atomic mass is 32.1. The minimum atomic E-state index is -0.307. The summed E-state index contributed by atoms with van der Waals surface area (Å²) in [5, 5.41) is 3.73. The lowest BCUT2D eigenvalue weighted by atomic mass is 10.1. The molecular formula is C27H30N6O2S. The number of aromatic nitrogens is 3. The summed E-state index contributed by atoms with van der Waals surface area (Å²) in [6.07, 6.45) is 1.65. The molecule has 0 bridgehead atoms. The van der Waals surface area contributed by atoms with E-state index in [9.17, 15) is 9.59 Å². The standard InChI is InChI=1S/C27H30N6O2S/c1-31(2)17-19-12-7-8-13-20(19)23-30-25-22(26(35)32(23)3)29-27(36-25)33-15-9-14-21(33)24(34)28-16-18-10-5-4-6-11-18/h4-8,10-13,21H,9,14-17H2,1-3H3,(H,28,34)/t21-/m1/s1. The topological polar surface area (TPSA) is 83.4 Å². The first kappa shape index (κ1) is 24.1. The van der Waals surface area contributed by atoms with Gasteiger partial charge in [-0.05, 0) is 38.1 Å². The SMILES string of the molecule is CN(C)Cc1ccccc1-c1nc2sc(N3CCC[C@@H]3C(=O)NCc3ccccc3)nc2c(=O)n1C. The van der Waals surface area contributed by atoms with Gasteiger partial charge >= 0.3 is 0 Å². The zero-order valence-corrected chi connectivity index (χ0v) is 21.6. The Morgan fingerprint density at radius 1 is 1.11 bits per heavy atom. The molecule has 1 N–H and O–H groups in total. The molecule has 0 radical (unpaired) electrons. The van der Waals surface area contributed by atoms with Gasteiger partial charge in [-0.15, -0.1) is 0 Å². The smallest absolute Gasteiger partial charge is 0.281 e. The molecule has 0 aliphatic carbocycles. The van der Waals surface area contributed by atoms with E-state index in [0.29, 0.717) is 27.8 Å². The van der Waals surface area contributed by atoms with Crippen LogP contribution in [0.3, 0.4) is 0 Å². The highest BCUT2D eigenvalue weighted by Gasteiger charge is 2.33. The first-order chi connectivity index (χ1) is 17.4. The third-order valence-corrected chi connectivity index (χ3v) is 7.47. The lowest BCUT2D eigenvalue weighted by molar-refractivity contribution is -0.122. The van der Waals surface area contributed by atoms with Crippen molar-refractivity contribution in [3.8, 4) is 11.4 Å². The second kappa shape index (κ2) is 10.2. The molecule has 2 aromatic carbocycles. The summed E-state index contributed by atoms with van der Waals surface area (Å²) in [4.78, 5) is 40.6. The highest BCUT2D eigenvalue weighted by molar-refractivity contribution is 7.21. The molecule has 1 amide bonds. The van der Waals surface area contributed by atoms with E-state index in [2.05, 4.69) is 21.3 Å². The van der Waals surface area contributed by atoms with E-state index in [1.54, 1.807) is 11.6 Å². The van der Waals surface area contributed by atoms with Gasteiger partial charge in [-0.2, -0.15) is 0 Å². The van der Waals surface area contributed by atoms with Gasteiger partial charge in [0.15, 0.2) is 15.5 Å². The maximum atomic E-state index is 13.3. The second-order valence-electron chi connectivity index (χ2n) is 9.40. The summed E-state index contributed by atoms with van der Waals surface area (Å²) in [6.45, 7) is 1.95. The number of thiazole rings is 1. The van der Waals surface area contributed by atoms with Crippen LogP contribution in [0.25, 0.3) is 21.7 Å². The Morgan fingerprint density at radius 3 is 2.64 bits per heavy atom. The van der Waals surface area contributed by atoms with Gasteiger partial charge in [-0.1, -0.05) is 65.9 Å². The molecule has 3 heterocycles. The number of carbonyl (C=O) groups is 1. The zero-order chi connectivity index (χ0) is 25.2. The Bertz CT molecular complexity index is 1450. The molecule has 1 atom stereocenters. The van der Waals surface area contributed by atoms with Gasteiger partial charge < -0.3 is 15.1 Å². The number of fused-ring (bicyclic) bond motifs is 1. The number of nitrogens with one attached hydrogen (secondary N) is 1. The summed E-state index contributed by atoms with van der Waals surface area (Å²) in [5.74, 6) is 0.605. The molecule has 1 saturated heterocycles. The van der Waals surface area contributed by atoms with Gasteiger partial charge in [0, 0.05) is 32.2 Å². The number of carbonyl (C=O) groups excluding carboxylic acids is 1. The number of rotatable bonds is 7. The zero-order valence-electron chi connectivity index (χ0n) is 20.8. The molecule has 1 aliphatic heterocycles. The van der Waals surface area contributed by atoms with Crippen LogP contribution in [0.5, 0.6) is 0 Å². The molecular weight excluding hydrogens is 472 g/mol. The van der Waals surface area contributed by atoms with E-state index in [1.807, 2.05) is 67.5 Å². The largest absolute Gasteiger partial charge is 0.350 e. The first-order valence-corrected chi connectivity index (χ1v) is 12.9. The van der Waals surface area contributed by atoms with Crippen LogP contribution < -0.4 is 15.8 Å². The fraction of sp³-hybridized carbons (Fsp3) is 0.333. The number of hydrogen-bond acceptors (Lipinski definition) is 7. The van der Waals surface area contributed by atoms with E-state index in [0.717, 1.165) is 42.6 Å². The summed E-state index contributed by atoms with van der Waals surface area (Å²) >= 11 is 1.38. The average Bonchev–Trinajstić information content (AvgIpc) is 3.53. The van der Waals surface area contributed by atoms with Gasteiger partial charge in [0.1, 0.15) is 11.9 Å². The van der Waals surface area contributed by atoms with E-state index in [-0.39, 0.29) is 17.5 Å². The van der Waals surface area contributed by atoms with Crippen LogP contribution in [0, 0.1) is 0 Å². The molecule has 2 aromatic heterocycles. The van der Waals surface area contributed by atoms with Crippen molar-refractivity contribution in [2.45, 2.75) is 32.0 Å². The average molecular weight is 503 g/mol. The van der Waals surface area contributed by atoms with Crippen molar-refractivity contribution in [2.75, 3.05) is 25.5 Å². The van der Waals surface area contributed by atoms with Crippen molar-refractivity contribution in [3.63, 3.8) is 0 Å². The Labute approximate surface area is 214 Å². The summed E-state index contributed by atoms with van der Waals surface area (Å²) < 4.78 is 1.58. The van der Waals surface area contributed by atoms with Crippen LogP contribution in [0.2, 0.25) is 0 Å². The van der Waals surface area contributed by atoms with Gasteiger partial charge in [0.2, 0.25) is 5.91 Å². The first-order valence-electron chi connectivity index (χ1n) is 12.1. The maximum Gasteiger partial charge on any atom is 0.281 e. The number of nitrogens with zero attached hydrogens (tertiary/aromatic N) is 5. The third-order valence-electron chi connectivity index (χ3n) is 6.49. The molecule has 0 unspecified atom stereocenters. The van der Waals surface area contributed by atoms with Crippen molar-refractivity contribution in [3.05, 3.63) is 76.1 Å². The van der Waals surface area contributed by atoms with Crippen LogP contribution >= 0.6 is 11.3 Å². The fourth-order valence-corrected chi connectivity index (χ4v) is 5.70. The van der Waals surface area contributed by atoms with Crippen LogP contribution in [-0.2, 0) is 24.9 Å². The van der Waals surface area contributed by atoms with Crippen molar-refractivity contribution >= 4 is 32.7 Å². The monoisotopic (exact) mass is 502 g/mol. The summed E-state index contributed by atoms with van der Waals surface area (Å²) in [6, 6.07) is 17.6. The molecule has 8 nitrogen and oxygen atoms in total. The number of benzene rings is 2. The third kappa shape index (κ3) is 4.76. The predicted molar refractivity (Wildman–Crippen MR) is 144 cm³/mol. The van der Waals surface area contributed by atoms with Crippen molar-refractivity contribution in [2.24, 2.45) is 7.05 Å². The van der Waals surface area contributed by atoms with E-state index in [4.69, 9.17) is 4.98 Å². The van der Waals surface area contributed by atoms with Gasteiger partial charge in [-0.3, -0.25) is 14.2 Å². The van der Waals surface area contributed by atoms with E-state index >= 15 is 0 Å². The molecule has 9 heteroatoms. The van der Waals surface area contributed by atoms with E-state index in [1.165, 1.54) is 11.3 Å². The van der Waals surface area contributed by atoms with Gasteiger partial charge in [-0.25, -0.2) is 9.97 Å². The Hall–Kier alpha value is -3.56. The Kier molecular flexibility index (Phi) is 6.84. The number of hydrogen-bond donors (Lipinski definition) is 1. The van der Waals surface area contributed by atoms with Crippen LogP contribution in [0.15, 0.2) is 59.4 Å². The molecule has 1 fully saturated rings. The van der Waals surface area contributed by atoms with Gasteiger partial charge in [0.25, 0.3) is 5.56 Å². The predicted octanol–water partition coefficient (Wildman–Crippen LogP) is 3.40. The number of anilines is 1. The molecule has 1 aliphatic rings. The van der Waals surface area contributed by atoms with Crippen LogP contribution in [-0.4, -0.2) is 52.0 Å². The number of amides is 1. The summed E-state index contributed by atoms with van der Waals surface area (Å²) in [7, 11) is 5.78. The van der Waals surface area contributed by atoms with Gasteiger partial charge in [0.05, 0.1) is 0 Å². The lowest BCUT2D eigenvalue weighted by Gasteiger charge is -2.23. The normalized spacial score (nSPS) is 15.7. The second-order valence-corrected chi connectivity index (χ2v) is 10.4. The lowest BCUT2D eigenvalue weighted by Crippen LogP contribution is -2.43. The minimum Gasteiger partial charge on any atom is -0.350 e. The summed E-state index contributed by atoms with van der Waals surface area (Å²) in [5.41, 5.74) is 3.26. The van der Waals surface area contributed by atoms with Crippen molar-refractivity contribution in [1.29, 1.82) is 0 Å². The highest BCUT2D eigenvalue weighted by Crippen LogP contribution is 2.33. The molecule has 4 aromatic rings. The molecule has 0 spiro atoms. The minimum absolute atomic E-state index is 0.0187. The van der Waals surface area contributed by atoms with Crippen LogP contribution in [0.1, 0.15) is 24.0 Å². The quantitative estimate of drug-likeness (QED) is 0.417. The maximum absolute atomic E-state index is 13.3. The molecule has 186 valence electrons. The Balaban J connectivity index is 1.45. The van der Waals surface area contributed by atoms with Crippen LogP contribution in [0.4, 0.5) is 5.13 Å². The fourth-order valence-electron chi connectivity index (χ4n) is 4.69. The molecule has 0 saturated carbocycles. The molecule has 5 rings (SSSR count). The Morgan fingerprint density at radius 2 is 1.86 bits per heavy atom. The van der Waals surface area contributed by atoms with Crippen molar-refractivity contribution < 1.29 is 4.79 Å². The molecule has 36 heavy (non-hydrogen) atoms.